The Bertz CT molecular complexity index is 605. The number of carbonyl (C=O) groups excluding carboxylic acids is 2. The summed E-state index contributed by atoms with van der Waals surface area (Å²) in [6, 6.07) is 2.20. The van der Waals surface area contributed by atoms with Gasteiger partial charge in [0.05, 0.1) is 0 Å². The molecule has 2 saturated heterocycles. The lowest BCUT2D eigenvalue weighted by Gasteiger charge is -2.42. The number of nitrogens with zero attached hydrogens (tertiary/aromatic N) is 2. The number of halogens is 2. The summed E-state index contributed by atoms with van der Waals surface area (Å²) < 4.78 is 26.5. The van der Waals surface area contributed by atoms with Crippen LogP contribution < -0.4 is 4.90 Å². The Balaban J connectivity index is 2.03. The van der Waals surface area contributed by atoms with Crippen molar-refractivity contribution >= 4 is 17.5 Å². The number of amides is 2. The number of carbonyl (C=O) groups is 2. The van der Waals surface area contributed by atoms with Crippen LogP contribution in [0.15, 0.2) is 18.2 Å². The second-order valence-corrected chi connectivity index (χ2v) is 5.42. The van der Waals surface area contributed by atoms with Gasteiger partial charge in [-0.15, -0.1) is 0 Å². The summed E-state index contributed by atoms with van der Waals surface area (Å²) in [4.78, 5) is 28.1. The van der Waals surface area contributed by atoms with Crippen molar-refractivity contribution in [1.29, 1.82) is 0 Å². The molecule has 3 rings (SSSR count). The van der Waals surface area contributed by atoms with Gasteiger partial charge in [-0.2, -0.15) is 0 Å². The van der Waals surface area contributed by atoms with Crippen molar-refractivity contribution in [2.45, 2.75) is 38.3 Å². The third-order valence-electron chi connectivity index (χ3n) is 4.22. The molecule has 0 N–H and O–H groups in total. The number of benzene rings is 1. The minimum Gasteiger partial charge on any atom is -0.329 e. The quantitative estimate of drug-likeness (QED) is 0.838. The molecular weight excluding hydrogens is 278 g/mol. The smallest absolute Gasteiger partial charge is 0.250 e. The highest BCUT2D eigenvalue weighted by Crippen LogP contribution is 2.32. The summed E-state index contributed by atoms with van der Waals surface area (Å²) in [6.07, 6.45) is 1.86. The Hall–Kier alpha value is -1.98. The first kappa shape index (κ1) is 14.0. The zero-order valence-corrected chi connectivity index (χ0v) is 11.7. The summed E-state index contributed by atoms with van der Waals surface area (Å²) in [5.41, 5.74) is 0.241. The fourth-order valence-corrected chi connectivity index (χ4v) is 3.20. The van der Waals surface area contributed by atoms with Crippen LogP contribution in [0.25, 0.3) is 0 Å². The van der Waals surface area contributed by atoms with Crippen LogP contribution in [0.5, 0.6) is 0 Å². The molecule has 6 heteroatoms. The summed E-state index contributed by atoms with van der Waals surface area (Å²) in [6.45, 7) is 2.40. The van der Waals surface area contributed by atoms with E-state index in [1.165, 1.54) is 11.0 Å². The van der Waals surface area contributed by atoms with Crippen molar-refractivity contribution in [3.05, 3.63) is 29.8 Å². The Morgan fingerprint density at radius 3 is 2.62 bits per heavy atom. The average Bonchev–Trinajstić information content (AvgIpc) is 2.95. The van der Waals surface area contributed by atoms with Crippen LogP contribution in [0.2, 0.25) is 0 Å². The molecule has 2 amide bonds. The highest BCUT2D eigenvalue weighted by Gasteiger charge is 2.47. The zero-order valence-electron chi connectivity index (χ0n) is 11.7. The number of rotatable bonds is 2. The Labute approximate surface area is 121 Å². The fraction of sp³-hybridized carbons (Fsp3) is 0.467. The molecule has 0 spiro atoms. The van der Waals surface area contributed by atoms with Crippen molar-refractivity contribution in [1.82, 2.24) is 4.90 Å². The molecule has 0 radical (unpaired) electrons. The first-order valence-electron chi connectivity index (χ1n) is 7.13. The van der Waals surface area contributed by atoms with Crippen molar-refractivity contribution in [2.24, 2.45) is 0 Å². The lowest BCUT2D eigenvalue weighted by molar-refractivity contribution is -0.144. The maximum Gasteiger partial charge on any atom is 0.250 e. The van der Waals surface area contributed by atoms with E-state index in [4.69, 9.17) is 0 Å². The minimum atomic E-state index is -1.02. The molecule has 1 aromatic carbocycles. The Morgan fingerprint density at radius 1 is 1.19 bits per heavy atom. The molecule has 1 aromatic rings. The van der Waals surface area contributed by atoms with Gasteiger partial charge < -0.3 is 4.90 Å². The second-order valence-electron chi connectivity index (χ2n) is 5.42. The molecule has 2 aliphatic heterocycles. The largest absolute Gasteiger partial charge is 0.329 e. The summed E-state index contributed by atoms with van der Waals surface area (Å²) in [5.74, 6) is -2.30. The Kier molecular flexibility index (Phi) is 3.39. The molecule has 2 atom stereocenters. The van der Waals surface area contributed by atoms with Gasteiger partial charge in [0, 0.05) is 18.3 Å². The van der Waals surface area contributed by atoms with Gasteiger partial charge in [-0.1, -0.05) is 6.92 Å². The molecule has 0 saturated carbocycles. The number of anilines is 1. The van der Waals surface area contributed by atoms with Crippen molar-refractivity contribution in [3.63, 3.8) is 0 Å². The van der Waals surface area contributed by atoms with Crippen LogP contribution in [0.3, 0.4) is 0 Å². The molecule has 4 nitrogen and oxygen atoms in total. The lowest BCUT2D eigenvalue weighted by Crippen LogP contribution is -2.63. The molecule has 2 fully saturated rings. The molecule has 2 aliphatic rings. The van der Waals surface area contributed by atoms with E-state index in [-0.39, 0.29) is 17.5 Å². The summed E-state index contributed by atoms with van der Waals surface area (Å²) in [5, 5.41) is 0. The Morgan fingerprint density at radius 2 is 1.95 bits per heavy atom. The van der Waals surface area contributed by atoms with E-state index in [9.17, 15) is 18.4 Å². The number of fused-ring (bicyclic) bond motifs is 1. The zero-order chi connectivity index (χ0) is 15.1. The van der Waals surface area contributed by atoms with E-state index in [0.717, 1.165) is 18.6 Å². The van der Waals surface area contributed by atoms with Crippen LogP contribution in [0.4, 0.5) is 14.5 Å². The molecule has 0 aromatic heterocycles. The first-order valence-corrected chi connectivity index (χ1v) is 7.13. The van der Waals surface area contributed by atoms with Gasteiger partial charge in [-0.25, -0.2) is 8.78 Å². The topological polar surface area (TPSA) is 40.6 Å². The number of hydrogen-bond donors (Lipinski definition) is 0. The van der Waals surface area contributed by atoms with Gasteiger partial charge >= 0.3 is 0 Å². The van der Waals surface area contributed by atoms with E-state index in [0.29, 0.717) is 19.4 Å². The van der Waals surface area contributed by atoms with Crippen LogP contribution in [-0.4, -0.2) is 35.3 Å². The van der Waals surface area contributed by atoms with Crippen molar-refractivity contribution in [2.75, 3.05) is 11.4 Å². The molecular formula is C15H16F2N2O2. The average molecular weight is 294 g/mol. The predicted octanol–water partition coefficient (Wildman–Crippen LogP) is 2.08. The van der Waals surface area contributed by atoms with Crippen LogP contribution in [0.1, 0.15) is 26.2 Å². The fourth-order valence-electron chi connectivity index (χ4n) is 3.20. The highest BCUT2D eigenvalue weighted by atomic mass is 19.2. The standard InChI is InChI=1S/C15H16F2N2O2/c1-2-12-14(20)18-7-3-4-13(18)15(21)19(12)9-5-6-10(16)11(17)8-9/h5-6,8,12-13H,2-4,7H2,1H3. The molecule has 0 bridgehead atoms. The monoisotopic (exact) mass is 294 g/mol. The van der Waals surface area contributed by atoms with E-state index < -0.39 is 23.7 Å². The molecule has 2 heterocycles. The molecule has 21 heavy (non-hydrogen) atoms. The summed E-state index contributed by atoms with van der Waals surface area (Å²) >= 11 is 0. The maximum atomic E-state index is 13.4. The van der Waals surface area contributed by atoms with Gasteiger partial charge in [0.15, 0.2) is 11.6 Å². The normalized spacial score (nSPS) is 25.5. The predicted molar refractivity (Wildman–Crippen MR) is 72.7 cm³/mol. The highest BCUT2D eigenvalue weighted by molar-refractivity contribution is 6.08. The van der Waals surface area contributed by atoms with Gasteiger partial charge in [-0.05, 0) is 31.4 Å². The SMILES string of the molecule is CCC1C(=O)N2CCCC2C(=O)N1c1ccc(F)c(F)c1. The van der Waals surface area contributed by atoms with E-state index in [2.05, 4.69) is 0 Å². The van der Waals surface area contributed by atoms with Gasteiger partial charge in [0.25, 0.3) is 5.91 Å². The van der Waals surface area contributed by atoms with Gasteiger partial charge in [0.2, 0.25) is 5.91 Å². The van der Waals surface area contributed by atoms with E-state index in [1.807, 2.05) is 0 Å². The van der Waals surface area contributed by atoms with Gasteiger partial charge in [-0.3, -0.25) is 14.5 Å². The van der Waals surface area contributed by atoms with Crippen LogP contribution in [0, 0.1) is 11.6 Å². The molecule has 0 aliphatic carbocycles. The van der Waals surface area contributed by atoms with Crippen molar-refractivity contribution in [3.8, 4) is 0 Å². The van der Waals surface area contributed by atoms with E-state index in [1.54, 1.807) is 11.8 Å². The third-order valence-corrected chi connectivity index (χ3v) is 4.22. The van der Waals surface area contributed by atoms with Crippen molar-refractivity contribution < 1.29 is 18.4 Å². The second kappa shape index (κ2) is 5.09. The maximum absolute atomic E-state index is 13.4. The molecule has 2 unspecified atom stereocenters. The van der Waals surface area contributed by atoms with Gasteiger partial charge in [0.1, 0.15) is 12.1 Å². The minimum absolute atomic E-state index is 0.107. The first-order chi connectivity index (χ1) is 10.0. The van der Waals surface area contributed by atoms with E-state index >= 15 is 0 Å². The van der Waals surface area contributed by atoms with Crippen LogP contribution >= 0.6 is 0 Å². The number of piperazine rings is 1. The van der Waals surface area contributed by atoms with Crippen LogP contribution in [-0.2, 0) is 9.59 Å². The third kappa shape index (κ3) is 2.09. The molecule has 112 valence electrons. The number of hydrogen-bond acceptors (Lipinski definition) is 2. The lowest BCUT2D eigenvalue weighted by atomic mass is 10.0. The summed E-state index contributed by atoms with van der Waals surface area (Å²) in [7, 11) is 0.